The van der Waals surface area contributed by atoms with Crippen molar-refractivity contribution in [3.63, 3.8) is 0 Å². The minimum absolute atomic E-state index is 0.103. The predicted octanol–water partition coefficient (Wildman–Crippen LogP) is 22.2. The zero-order chi connectivity index (χ0) is 70.1. The fourth-order valence-corrected chi connectivity index (χ4v) is 13.1. The van der Waals surface area contributed by atoms with E-state index in [1.807, 2.05) is 0 Å². The van der Waals surface area contributed by atoms with Gasteiger partial charge in [0.25, 0.3) is 0 Å². The Bertz CT molecular complexity index is 1850. The molecule has 17 nitrogen and oxygen atoms in total. The molecular weight excluding hydrogens is 1250 g/mol. The third-order valence-corrected chi connectivity index (χ3v) is 19.9. The maximum atomic E-state index is 13.1. The van der Waals surface area contributed by atoms with Crippen molar-refractivity contribution < 1.29 is 80.2 Å². The number of aliphatic hydroxyl groups is 1. The Kier molecular flexibility index (Phi) is 65.2. The van der Waals surface area contributed by atoms with Crippen molar-refractivity contribution in [2.24, 2.45) is 17.8 Å². The minimum atomic E-state index is -4.96. The molecule has 6 atom stereocenters. The van der Waals surface area contributed by atoms with Gasteiger partial charge in [-0.1, -0.05) is 337 Å². The van der Waals surface area contributed by atoms with Crippen molar-refractivity contribution in [1.82, 2.24) is 0 Å². The maximum absolute atomic E-state index is 13.1. The van der Waals surface area contributed by atoms with Crippen LogP contribution in [0, 0.1) is 17.8 Å². The van der Waals surface area contributed by atoms with Crippen LogP contribution < -0.4 is 0 Å². The van der Waals surface area contributed by atoms with Gasteiger partial charge < -0.3 is 33.8 Å². The summed E-state index contributed by atoms with van der Waals surface area (Å²) < 4.78 is 68.5. The quantitative estimate of drug-likeness (QED) is 0.0222. The summed E-state index contributed by atoms with van der Waals surface area (Å²) in [6, 6.07) is 0. The van der Waals surface area contributed by atoms with E-state index < -0.39 is 97.5 Å². The van der Waals surface area contributed by atoms with Crippen LogP contribution in [-0.2, 0) is 65.4 Å². The molecule has 3 N–H and O–H groups in total. The Morgan fingerprint density at radius 2 is 0.537 bits per heavy atom. The first-order valence-electron chi connectivity index (χ1n) is 39.4. The second kappa shape index (κ2) is 66.6. The molecule has 0 spiro atoms. The van der Waals surface area contributed by atoms with Crippen molar-refractivity contribution in [2.75, 3.05) is 39.6 Å². The lowest BCUT2D eigenvalue weighted by molar-refractivity contribution is -0.161. The van der Waals surface area contributed by atoms with Gasteiger partial charge in [-0.3, -0.25) is 37.3 Å². The molecule has 0 aliphatic heterocycles. The summed E-state index contributed by atoms with van der Waals surface area (Å²) >= 11 is 0. The third kappa shape index (κ3) is 69.0. The number of hydrogen-bond acceptors (Lipinski definition) is 15. The van der Waals surface area contributed by atoms with E-state index in [0.717, 1.165) is 114 Å². The van der Waals surface area contributed by atoms with Crippen molar-refractivity contribution in [1.29, 1.82) is 0 Å². The number of ether oxygens (including phenoxy) is 4. The van der Waals surface area contributed by atoms with E-state index in [1.54, 1.807) is 0 Å². The molecule has 0 aromatic heterocycles. The monoisotopic (exact) mass is 1400 g/mol. The second-order valence-corrected chi connectivity index (χ2v) is 31.5. The average molecular weight is 1400 g/mol. The summed E-state index contributed by atoms with van der Waals surface area (Å²) in [5.74, 6) is 0.0984. The van der Waals surface area contributed by atoms with Gasteiger partial charge in [-0.05, 0) is 43.4 Å². The highest BCUT2D eigenvalue weighted by molar-refractivity contribution is 7.47. The van der Waals surface area contributed by atoms with Gasteiger partial charge in [0.15, 0.2) is 12.2 Å². The number of hydrogen-bond donors (Lipinski definition) is 3. The van der Waals surface area contributed by atoms with Crippen LogP contribution in [0.1, 0.15) is 389 Å². The molecule has 0 bridgehead atoms. The highest BCUT2D eigenvalue weighted by Gasteiger charge is 2.30. The van der Waals surface area contributed by atoms with E-state index in [1.165, 1.54) is 193 Å². The number of esters is 4. The molecule has 3 unspecified atom stereocenters. The van der Waals surface area contributed by atoms with Crippen LogP contribution in [0.3, 0.4) is 0 Å². The summed E-state index contributed by atoms with van der Waals surface area (Å²) in [6.45, 7) is 11.8. The van der Waals surface area contributed by atoms with Crippen LogP contribution in [0.2, 0.25) is 0 Å². The fraction of sp³-hybridized carbons (Fsp3) is 0.947. The Morgan fingerprint density at radius 3 is 0.800 bits per heavy atom. The lowest BCUT2D eigenvalue weighted by Gasteiger charge is -2.21. The Morgan fingerprint density at radius 1 is 0.305 bits per heavy atom. The van der Waals surface area contributed by atoms with Gasteiger partial charge in [-0.2, -0.15) is 0 Å². The number of carbonyl (C=O) groups excluding carboxylic acids is 4. The Labute approximate surface area is 581 Å². The van der Waals surface area contributed by atoms with Crippen LogP contribution in [0.15, 0.2) is 0 Å². The second-order valence-electron chi connectivity index (χ2n) is 28.6. The van der Waals surface area contributed by atoms with Gasteiger partial charge in [-0.15, -0.1) is 0 Å². The number of carbonyl (C=O) groups is 4. The van der Waals surface area contributed by atoms with E-state index in [9.17, 15) is 43.2 Å². The number of phosphoric ester groups is 2. The first kappa shape index (κ1) is 93.1. The van der Waals surface area contributed by atoms with E-state index >= 15 is 0 Å². The normalized spacial score (nSPS) is 14.4. The minimum Gasteiger partial charge on any atom is -0.462 e. The predicted molar refractivity (Wildman–Crippen MR) is 386 cm³/mol. The largest absolute Gasteiger partial charge is 0.472 e. The van der Waals surface area contributed by atoms with Crippen LogP contribution in [0.5, 0.6) is 0 Å². The Hall–Kier alpha value is -1.94. The summed E-state index contributed by atoms with van der Waals surface area (Å²) in [6.07, 6.45) is 52.9. The lowest BCUT2D eigenvalue weighted by atomic mass is 10.00. The van der Waals surface area contributed by atoms with E-state index in [-0.39, 0.29) is 25.7 Å². The molecule has 95 heavy (non-hydrogen) atoms. The van der Waals surface area contributed by atoms with E-state index in [4.69, 9.17) is 37.0 Å². The third-order valence-electron chi connectivity index (χ3n) is 18.0. The van der Waals surface area contributed by atoms with Crippen molar-refractivity contribution >= 4 is 39.5 Å². The summed E-state index contributed by atoms with van der Waals surface area (Å²) in [5.41, 5.74) is 0. The Balaban J connectivity index is 5.22. The molecule has 0 saturated heterocycles. The van der Waals surface area contributed by atoms with E-state index in [2.05, 4.69) is 48.5 Å². The molecule has 0 aromatic carbocycles. The fourth-order valence-electron chi connectivity index (χ4n) is 11.6. The highest BCUT2D eigenvalue weighted by atomic mass is 31.2. The standard InChI is InChI=1S/C76H148O17P2/c1-8-10-11-12-13-14-15-16-17-18-19-20-21-22-23-26-30-36-45-52-59-75(80)92-71(63-86-73(78)57-50-43-35-29-27-24-25-28-33-40-47-54-67(3)4)65-90-94(82,83)88-61-70(77)62-89-95(84,85)91-66-72(64-87-74(79)58-51-44-39-38-42-49-56-69(7)9-2)93-76(81)60-53-46-37-32-31-34-41-48-55-68(5)6/h67-72,77H,8-66H2,1-7H3,(H,82,83)(H,84,85)/t69?,70-,71-,72-/m1/s1. The molecule has 0 aliphatic carbocycles. The number of unbranched alkanes of at least 4 members (excludes halogenated alkanes) is 41. The molecule has 0 amide bonds. The molecule has 0 fully saturated rings. The summed E-state index contributed by atoms with van der Waals surface area (Å²) in [7, 11) is -9.91. The van der Waals surface area contributed by atoms with Gasteiger partial charge in [0.1, 0.15) is 19.3 Å². The smallest absolute Gasteiger partial charge is 0.462 e. The number of aliphatic hydroxyl groups excluding tert-OH is 1. The van der Waals surface area contributed by atoms with Crippen LogP contribution in [0.25, 0.3) is 0 Å². The molecule has 0 heterocycles. The summed E-state index contributed by atoms with van der Waals surface area (Å²) in [4.78, 5) is 72.8. The van der Waals surface area contributed by atoms with Gasteiger partial charge in [-0.25, -0.2) is 9.13 Å². The molecule has 0 rings (SSSR count). The molecular formula is C76H148O17P2. The van der Waals surface area contributed by atoms with Crippen molar-refractivity contribution in [3.05, 3.63) is 0 Å². The average Bonchev–Trinajstić information content (AvgIpc) is 2.56. The summed E-state index contributed by atoms with van der Waals surface area (Å²) in [5, 5.41) is 10.6. The maximum Gasteiger partial charge on any atom is 0.472 e. The van der Waals surface area contributed by atoms with Crippen LogP contribution >= 0.6 is 15.6 Å². The first-order chi connectivity index (χ1) is 45.8. The first-order valence-corrected chi connectivity index (χ1v) is 42.4. The molecule has 564 valence electrons. The molecule has 0 aromatic rings. The number of rotatable bonds is 74. The zero-order valence-corrected chi connectivity index (χ0v) is 63.9. The molecule has 0 radical (unpaired) electrons. The molecule has 0 aliphatic rings. The highest BCUT2D eigenvalue weighted by Crippen LogP contribution is 2.45. The van der Waals surface area contributed by atoms with Gasteiger partial charge >= 0.3 is 39.5 Å². The molecule has 19 heteroatoms. The van der Waals surface area contributed by atoms with E-state index in [0.29, 0.717) is 25.7 Å². The topological polar surface area (TPSA) is 237 Å². The van der Waals surface area contributed by atoms with Crippen LogP contribution in [-0.4, -0.2) is 96.7 Å². The molecule has 0 saturated carbocycles. The van der Waals surface area contributed by atoms with Crippen molar-refractivity contribution in [2.45, 2.75) is 407 Å². The zero-order valence-electron chi connectivity index (χ0n) is 62.1. The van der Waals surface area contributed by atoms with Gasteiger partial charge in [0, 0.05) is 25.7 Å². The van der Waals surface area contributed by atoms with Crippen LogP contribution in [0.4, 0.5) is 0 Å². The number of phosphoric acid groups is 2. The SMILES string of the molecule is CCCCCCCCCCCCCCCCCCCCCCC(=O)O[C@H](COC(=O)CCCCCCCCCCCCCC(C)C)COP(=O)(O)OC[C@@H](O)COP(=O)(O)OC[C@@H](COC(=O)CCCCCCCCC(C)CC)OC(=O)CCCCCCCCCCC(C)C. The van der Waals surface area contributed by atoms with Gasteiger partial charge in [0.2, 0.25) is 0 Å². The lowest BCUT2D eigenvalue weighted by Crippen LogP contribution is -2.30. The van der Waals surface area contributed by atoms with Gasteiger partial charge in [0.05, 0.1) is 26.4 Å². The van der Waals surface area contributed by atoms with Crippen molar-refractivity contribution in [3.8, 4) is 0 Å².